The molecule has 1 unspecified atom stereocenters. The topological polar surface area (TPSA) is 170 Å². The van der Waals surface area contributed by atoms with Gasteiger partial charge in [-0.25, -0.2) is 14.4 Å². The zero-order valence-corrected chi connectivity index (χ0v) is 26.0. The lowest BCUT2D eigenvalue weighted by Crippen LogP contribution is -2.58. The van der Waals surface area contributed by atoms with Crippen molar-refractivity contribution < 1.29 is 52.7 Å². The molecule has 0 saturated heterocycles. The lowest BCUT2D eigenvalue weighted by atomic mass is 9.78. The maximum atomic E-state index is 12.4. The van der Waals surface area contributed by atoms with Gasteiger partial charge in [0.25, 0.3) is 0 Å². The number of benzene rings is 1. The number of carbonyl (C=O) groups is 4. The molecular formula is C30H47NO11. The largest absolute Gasteiger partial charge is 0.513 e. The van der Waals surface area contributed by atoms with E-state index >= 15 is 0 Å². The molecule has 0 heterocycles. The Hall–Kier alpha value is -3.54. The van der Waals surface area contributed by atoms with E-state index in [1.165, 1.54) is 25.1 Å². The van der Waals surface area contributed by atoms with Gasteiger partial charge >= 0.3 is 24.4 Å². The fraction of sp³-hybridized carbons (Fsp3) is 0.667. The predicted octanol–water partition coefficient (Wildman–Crippen LogP) is 6.11. The molecule has 0 aliphatic carbocycles. The molecule has 0 saturated carbocycles. The first-order chi connectivity index (χ1) is 19.6. The number of hydrogen-bond acceptors (Lipinski definition) is 11. The minimum absolute atomic E-state index is 0.115. The van der Waals surface area contributed by atoms with Gasteiger partial charge in [0.05, 0.1) is 13.2 Å². The molecule has 3 N–H and O–H groups in total. The van der Waals surface area contributed by atoms with Gasteiger partial charge in [-0.1, -0.05) is 47.6 Å². The van der Waals surface area contributed by atoms with Gasteiger partial charge in [0.15, 0.2) is 11.5 Å². The second kappa shape index (κ2) is 17.4. The van der Waals surface area contributed by atoms with E-state index in [0.29, 0.717) is 36.7 Å². The zero-order chi connectivity index (χ0) is 32.0. The summed E-state index contributed by atoms with van der Waals surface area (Å²) in [5, 5.41) is 10.1. The maximum absolute atomic E-state index is 12.4. The van der Waals surface area contributed by atoms with E-state index in [9.17, 15) is 24.3 Å². The molecule has 0 amide bonds. The molecule has 0 spiro atoms. The van der Waals surface area contributed by atoms with Gasteiger partial charge in [-0.3, -0.25) is 4.79 Å². The molecule has 0 radical (unpaired) electrons. The molecule has 12 nitrogen and oxygen atoms in total. The van der Waals surface area contributed by atoms with E-state index in [2.05, 4.69) is 0 Å². The number of nitrogens with two attached hydrogens (primary N) is 1. The molecule has 0 fully saturated rings. The monoisotopic (exact) mass is 597 g/mol. The van der Waals surface area contributed by atoms with Crippen LogP contribution in [0.3, 0.4) is 0 Å². The smallest absolute Gasteiger partial charge is 0.480 e. The van der Waals surface area contributed by atoms with Crippen LogP contribution in [0.4, 0.5) is 14.4 Å². The lowest BCUT2D eigenvalue weighted by Gasteiger charge is -2.34. The summed E-state index contributed by atoms with van der Waals surface area (Å²) in [6, 6.07) is 4.15. The quantitative estimate of drug-likeness (QED) is 0.127. The number of carboxylic acid groups (broad SMARTS) is 1. The van der Waals surface area contributed by atoms with Gasteiger partial charge in [0.2, 0.25) is 0 Å². The average Bonchev–Trinajstić information content (AvgIpc) is 2.88. The van der Waals surface area contributed by atoms with Crippen molar-refractivity contribution in [1.29, 1.82) is 0 Å². The third-order valence-corrected chi connectivity index (χ3v) is 6.79. The third-order valence-electron chi connectivity index (χ3n) is 6.79. The van der Waals surface area contributed by atoms with Crippen LogP contribution in [0, 0.1) is 17.8 Å². The molecule has 4 atom stereocenters. The summed E-state index contributed by atoms with van der Waals surface area (Å²) in [6.45, 7) is 14.8. The minimum atomic E-state index is -1.91. The highest BCUT2D eigenvalue weighted by Crippen LogP contribution is 2.33. The van der Waals surface area contributed by atoms with Crippen LogP contribution in [0.25, 0.3) is 0 Å². The summed E-state index contributed by atoms with van der Waals surface area (Å²) >= 11 is 0. The Balaban J connectivity index is 3.21. The van der Waals surface area contributed by atoms with Crippen LogP contribution >= 0.6 is 0 Å². The molecule has 12 heteroatoms. The highest BCUT2D eigenvalue weighted by atomic mass is 16.7. The normalized spacial score (nSPS) is 14.7. The lowest BCUT2D eigenvalue weighted by molar-refractivity contribution is -0.147. The predicted molar refractivity (Wildman–Crippen MR) is 154 cm³/mol. The number of carbonyl (C=O) groups excluding carboxylic acids is 3. The third kappa shape index (κ3) is 12.5. The van der Waals surface area contributed by atoms with Crippen LogP contribution in [-0.4, -0.2) is 60.5 Å². The van der Waals surface area contributed by atoms with E-state index in [1.807, 2.05) is 34.6 Å². The Morgan fingerprint density at radius 2 is 1.33 bits per heavy atom. The van der Waals surface area contributed by atoms with E-state index in [0.717, 1.165) is 0 Å². The first-order valence-corrected chi connectivity index (χ1v) is 14.3. The highest BCUT2D eigenvalue weighted by molar-refractivity contribution is 5.80. The average molecular weight is 598 g/mol. The van der Waals surface area contributed by atoms with Crippen LogP contribution in [-0.2, 0) is 30.2 Å². The van der Waals surface area contributed by atoms with Gasteiger partial charge in [-0.05, 0) is 62.6 Å². The number of hydrogen-bond donors (Lipinski definition) is 2. The summed E-state index contributed by atoms with van der Waals surface area (Å²) in [4.78, 5) is 49.2. The van der Waals surface area contributed by atoms with Gasteiger partial charge in [0, 0.05) is 12.3 Å². The summed E-state index contributed by atoms with van der Waals surface area (Å²) < 4.78 is 31.2. The van der Waals surface area contributed by atoms with Crippen molar-refractivity contribution in [1.82, 2.24) is 0 Å². The molecule has 0 bridgehead atoms. The number of rotatable bonds is 16. The zero-order valence-electron chi connectivity index (χ0n) is 26.0. The van der Waals surface area contributed by atoms with Crippen molar-refractivity contribution in [3.8, 4) is 11.5 Å². The van der Waals surface area contributed by atoms with E-state index in [-0.39, 0.29) is 37.2 Å². The van der Waals surface area contributed by atoms with Crippen LogP contribution in [0.2, 0.25) is 0 Å². The molecule has 238 valence electrons. The Bertz CT molecular complexity index is 1040. The van der Waals surface area contributed by atoms with Crippen molar-refractivity contribution in [2.75, 3.05) is 13.2 Å². The summed E-state index contributed by atoms with van der Waals surface area (Å²) in [5.41, 5.74) is 4.82. The highest BCUT2D eigenvalue weighted by Gasteiger charge is 2.44. The minimum Gasteiger partial charge on any atom is -0.480 e. The first-order valence-electron chi connectivity index (χ1n) is 14.3. The van der Waals surface area contributed by atoms with Crippen LogP contribution in [0.5, 0.6) is 11.5 Å². The van der Waals surface area contributed by atoms with E-state index in [1.54, 1.807) is 13.8 Å². The molecule has 42 heavy (non-hydrogen) atoms. The maximum Gasteiger partial charge on any atom is 0.513 e. The summed E-state index contributed by atoms with van der Waals surface area (Å²) in [5.74, 6) is -1.95. The molecule has 1 aromatic carbocycles. The molecular weight excluding hydrogens is 550 g/mol. The second-order valence-electron chi connectivity index (χ2n) is 11.3. The summed E-state index contributed by atoms with van der Waals surface area (Å²) in [6.07, 6.45) is -2.67. The van der Waals surface area contributed by atoms with Crippen LogP contribution in [0.1, 0.15) is 80.2 Å². The van der Waals surface area contributed by atoms with Gasteiger partial charge in [-0.15, -0.1) is 0 Å². The van der Waals surface area contributed by atoms with Crippen molar-refractivity contribution in [2.24, 2.45) is 23.5 Å². The van der Waals surface area contributed by atoms with E-state index < -0.39 is 42.0 Å². The number of carboxylic acids is 1. The second-order valence-corrected chi connectivity index (χ2v) is 11.3. The number of aliphatic carboxylic acids is 1. The molecule has 0 aliphatic rings. The SMILES string of the molecule is CCC(C)OC(=O)O[C@@H](C)[C@@H](C)[C@](N)(Cc1ccc(OC(=O)OCCC(C)C)c(OC(=O)OCCC(C)C)c1)C(=O)O. The van der Waals surface area contributed by atoms with Crippen LogP contribution in [0.15, 0.2) is 18.2 Å². The Labute approximate surface area is 248 Å². The molecule has 0 aliphatic heterocycles. The van der Waals surface area contributed by atoms with Crippen molar-refractivity contribution >= 4 is 24.4 Å². The van der Waals surface area contributed by atoms with Gasteiger partial charge < -0.3 is 39.3 Å². The summed E-state index contributed by atoms with van der Waals surface area (Å²) in [7, 11) is 0. The molecule has 1 rings (SSSR count). The van der Waals surface area contributed by atoms with E-state index in [4.69, 9.17) is 34.2 Å². The van der Waals surface area contributed by atoms with Gasteiger partial charge in [-0.2, -0.15) is 0 Å². The fourth-order valence-corrected chi connectivity index (χ4v) is 3.54. The van der Waals surface area contributed by atoms with Crippen molar-refractivity contribution in [2.45, 2.75) is 98.8 Å². The first kappa shape index (κ1) is 36.5. The Morgan fingerprint density at radius 3 is 1.81 bits per heavy atom. The van der Waals surface area contributed by atoms with Crippen molar-refractivity contribution in [3.63, 3.8) is 0 Å². The van der Waals surface area contributed by atoms with Crippen molar-refractivity contribution in [3.05, 3.63) is 23.8 Å². The molecule has 1 aromatic rings. The fourth-order valence-electron chi connectivity index (χ4n) is 3.54. The number of ether oxygens (including phenoxy) is 6. The Morgan fingerprint density at radius 1 is 0.810 bits per heavy atom. The standard InChI is InChI=1S/C30H47NO11/c1-9-20(6)39-29(36)40-22(8)21(7)30(31,26(32)33)17-23-10-11-24(41-27(34)37-14-12-18(2)3)25(16-23)42-28(35)38-15-13-19(4)5/h10-11,16,18-22H,9,12-15,17,31H2,1-8H3,(H,32,33)/t20?,21-,22+,30-/m1/s1. The van der Waals surface area contributed by atoms with Gasteiger partial charge in [0.1, 0.15) is 17.7 Å². The van der Waals surface area contributed by atoms with Crippen LogP contribution < -0.4 is 15.2 Å². The Kier molecular flexibility index (Phi) is 15.1. The molecule has 0 aromatic heterocycles.